The van der Waals surface area contributed by atoms with Crippen molar-refractivity contribution in [1.29, 1.82) is 0 Å². The molecule has 2 rings (SSSR count). The third-order valence-corrected chi connectivity index (χ3v) is 2.90. The molecule has 2 amide bonds. The summed E-state index contributed by atoms with van der Waals surface area (Å²) in [5.41, 5.74) is 0.0718. The molecule has 0 saturated carbocycles. The minimum atomic E-state index is -4.84. The number of ether oxygens (including phenoxy) is 1. The van der Waals surface area contributed by atoms with Crippen LogP contribution in [0.25, 0.3) is 0 Å². The molecule has 19 heavy (non-hydrogen) atoms. The Balaban J connectivity index is 2.36. The van der Waals surface area contributed by atoms with Gasteiger partial charge in [0.15, 0.2) is 0 Å². The average molecular weight is 273 g/mol. The number of likely N-dealkylation sites (tertiary alicyclic amines) is 1. The number of imide groups is 1. The fraction of sp³-hybridized carbons (Fsp3) is 0.333. The molecule has 1 aliphatic heterocycles. The van der Waals surface area contributed by atoms with E-state index in [2.05, 4.69) is 4.74 Å². The van der Waals surface area contributed by atoms with Crippen LogP contribution in [0.15, 0.2) is 24.3 Å². The van der Waals surface area contributed by atoms with Crippen LogP contribution in [0.2, 0.25) is 0 Å². The van der Waals surface area contributed by atoms with E-state index in [9.17, 15) is 22.8 Å². The van der Waals surface area contributed by atoms with Gasteiger partial charge in [0.2, 0.25) is 11.8 Å². The number of rotatable bonds is 2. The zero-order chi connectivity index (χ0) is 14.2. The van der Waals surface area contributed by atoms with E-state index in [4.69, 9.17) is 0 Å². The maximum absolute atomic E-state index is 12.3. The first kappa shape index (κ1) is 13.4. The largest absolute Gasteiger partial charge is 0.573 e. The molecule has 0 spiro atoms. The van der Waals surface area contributed by atoms with Gasteiger partial charge in [-0.15, -0.1) is 13.2 Å². The van der Waals surface area contributed by atoms with Crippen LogP contribution in [0.3, 0.4) is 0 Å². The van der Waals surface area contributed by atoms with E-state index in [0.717, 1.165) is 11.0 Å². The number of hydrogen-bond acceptors (Lipinski definition) is 3. The Hall–Kier alpha value is -2.05. The molecule has 1 aliphatic rings. The SMILES string of the molecule is CN1C(=O)CC(c2ccccc2OC(F)(F)F)C1=O. The van der Waals surface area contributed by atoms with Gasteiger partial charge in [0.05, 0.1) is 5.92 Å². The Morgan fingerprint density at radius 2 is 1.89 bits per heavy atom. The molecule has 1 aromatic rings. The Morgan fingerprint density at radius 3 is 2.42 bits per heavy atom. The summed E-state index contributed by atoms with van der Waals surface area (Å²) in [6.07, 6.45) is -4.98. The van der Waals surface area contributed by atoms with Crippen molar-refractivity contribution in [2.24, 2.45) is 0 Å². The molecule has 1 fully saturated rings. The lowest BCUT2D eigenvalue weighted by atomic mass is 9.96. The first-order valence-corrected chi connectivity index (χ1v) is 5.44. The predicted octanol–water partition coefficient (Wildman–Crippen LogP) is 2.06. The van der Waals surface area contributed by atoms with Crippen LogP contribution >= 0.6 is 0 Å². The molecule has 0 aliphatic carbocycles. The van der Waals surface area contributed by atoms with Crippen molar-refractivity contribution < 1.29 is 27.5 Å². The number of amides is 2. The van der Waals surface area contributed by atoms with Crippen LogP contribution in [0, 0.1) is 0 Å². The van der Waals surface area contributed by atoms with Crippen molar-refractivity contribution in [3.8, 4) is 5.75 Å². The quantitative estimate of drug-likeness (QED) is 0.775. The van der Waals surface area contributed by atoms with Crippen molar-refractivity contribution >= 4 is 11.8 Å². The third-order valence-electron chi connectivity index (χ3n) is 2.90. The Morgan fingerprint density at radius 1 is 1.26 bits per heavy atom. The minimum absolute atomic E-state index is 0.0718. The predicted molar refractivity (Wildman–Crippen MR) is 58.3 cm³/mol. The third kappa shape index (κ3) is 2.69. The molecule has 1 heterocycles. The Labute approximate surface area is 106 Å². The summed E-state index contributed by atoms with van der Waals surface area (Å²) in [7, 11) is 1.30. The highest BCUT2D eigenvalue weighted by atomic mass is 19.4. The molecular formula is C12H10F3NO3. The molecule has 0 radical (unpaired) electrons. The van der Waals surface area contributed by atoms with Crippen LogP contribution in [0.4, 0.5) is 13.2 Å². The lowest BCUT2D eigenvalue weighted by molar-refractivity contribution is -0.275. The fourth-order valence-corrected chi connectivity index (χ4v) is 1.98. The molecule has 102 valence electrons. The molecule has 4 nitrogen and oxygen atoms in total. The summed E-state index contributed by atoms with van der Waals surface area (Å²) in [5.74, 6) is -2.31. The van der Waals surface area contributed by atoms with E-state index < -0.39 is 29.8 Å². The number of hydrogen-bond donors (Lipinski definition) is 0. The smallest absolute Gasteiger partial charge is 0.405 e. The first-order valence-electron chi connectivity index (χ1n) is 5.44. The van der Waals surface area contributed by atoms with Gasteiger partial charge in [0.1, 0.15) is 5.75 Å². The van der Waals surface area contributed by atoms with Gasteiger partial charge in [-0.05, 0) is 6.07 Å². The summed E-state index contributed by atoms with van der Waals surface area (Å²) in [6, 6.07) is 5.35. The van der Waals surface area contributed by atoms with E-state index in [0.29, 0.717) is 0 Å². The van der Waals surface area contributed by atoms with Gasteiger partial charge in [-0.25, -0.2) is 0 Å². The second-order valence-corrected chi connectivity index (χ2v) is 4.13. The topological polar surface area (TPSA) is 46.6 Å². The molecule has 1 atom stereocenters. The summed E-state index contributed by atoms with van der Waals surface area (Å²) in [4.78, 5) is 24.1. The van der Waals surface area contributed by atoms with Crippen molar-refractivity contribution in [3.63, 3.8) is 0 Å². The van der Waals surface area contributed by atoms with Crippen LogP contribution in [-0.4, -0.2) is 30.1 Å². The van der Waals surface area contributed by atoms with Crippen LogP contribution in [0.5, 0.6) is 5.75 Å². The van der Waals surface area contributed by atoms with Crippen molar-refractivity contribution in [1.82, 2.24) is 4.90 Å². The van der Waals surface area contributed by atoms with Gasteiger partial charge in [-0.1, -0.05) is 18.2 Å². The van der Waals surface area contributed by atoms with Crippen molar-refractivity contribution in [2.45, 2.75) is 18.7 Å². The van der Waals surface area contributed by atoms with E-state index >= 15 is 0 Å². The minimum Gasteiger partial charge on any atom is -0.405 e. The number of carbonyl (C=O) groups excluding carboxylic acids is 2. The van der Waals surface area contributed by atoms with Gasteiger partial charge in [0.25, 0.3) is 0 Å². The maximum Gasteiger partial charge on any atom is 0.573 e. The summed E-state index contributed by atoms with van der Waals surface area (Å²) in [6.45, 7) is 0. The molecular weight excluding hydrogens is 263 g/mol. The van der Waals surface area contributed by atoms with E-state index in [1.54, 1.807) is 0 Å². The van der Waals surface area contributed by atoms with Gasteiger partial charge in [-0.3, -0.25) is 14.5 Å². The zero-order valence-corrected chi connectivity index (χ0v) is 9.90. The lowest BCUT2D eigenvalue weighted by Crippen LogP contribution is -2.25. The molecule has 0 aromatic heterocycles. The highest BCUT2D eigenvalue weighted by molar-refractivity contribution is 6.06. The van der Waals surface area contributed by atoms with E-state index in [1.165, 1.54) is 25.2 Å². The number of halogens is 3. The molecule has 7 heteroatoms. The number of nitrogens with zero attached hydrogens (tertiary/aromatic N) is 1. The number of benzene rings is 1. The number of para-hydroxylation sites is 1. The number of likely N-dealkylation sites (N-methyl/N-ethyl adjacent to an activating group) is 1. The van der Waals surface area contributed by atoms with Crippen LogP contribution < -0.4 is 4.74 Å². The molecule has 0 bridgehead atoms. The van der Waals surface area contributed by atoms with E-state index in [-0.39, 0.29) is 12.0 Å². The maximum atomic E-state index is 12.3. The van der Waals surface area contributed by atoms with Gasteiger partial charge in [-0.2, -0.15) is 0 Å². The average Bonchev–Trinajstić information content (AvgIpc) is 2.56. The van der Waals surface area contributed by atoms with Crippen LogP contribution in [0.1, 0.15) is 17.9 Å². The molecule has 0 N–H and O–H groups in total. The summed E-state index contributed by atoms with van der Waals surface area (Å²) in [5, 5.41) is 0. The number of carbonyl (C=O) groups is 2. The molecule has 1 aromatic carbocycles. The van der Waals surface area contributed by atoms with Crippen LogP contribution in [-0.2, 0) is 9.59 Å². The Bertz CT molecular complexity index is 527. The van der Waals surface area contributed by atoms with Gasteiger partial charge < -0.3 is 4.74 Å². The standard InChI is InChI=1S/C12H10F3NO3/c1-16-10(17)6-8(11(16)18)7-4-2-3-5-9(7)19-12(13,14)15/h2-5,8H,6H2,1H3. The molecule has 1 saturated heterocycles. The monoisotopic (exact) mass is 273 g/mol. The zero-order valence-electron chi connectivity index (χ0n) is 9.90. The fourth-order valence-electron chi connectivity index (χ4n) is 1.98. The normalized spacial score (nSPS) is 20.0. The van der Waals surface area contributed by atoms with E-state index in [1.807, 2.05) is 0 Å². The first-order chi connectivity index (χ1) is 8.79. The lowest BCUT2D eigenvalue weighted by Gasteiger charge is -2.16. The van der Waals surface area contributed by atoms with Gasteiger partial charge in [0, 0.05) is 19.0 Å². The van der Waals surface area contributed by atoms with Gasteiger partial charge >= 0.3 is 6.36 Å². The number of alkyl halides is 3. The van der Waals surface area contributed by atoms with Crippen molar-refractivity contribution in [3.05, 3.63) is 29.8 Å². The second kappa shape index (κ2) is 4.56. The summed E-state index contributed by atoms with van der Waals surface area (Å²) < 4.78 is 40.7. The highest BCUT2D eigenvalue weighted by Crippen LogP contribution is 2.36. The highest BCUT2D eigenvalue weighted by Gasteiger charge is 2.40. The summed E-state index contributed by atoms with van der Waals surface area (Å²) >= 11 is 0. The van der Waals surface area contributed by atoms with Crippen molar-refractivity contribution in [2.75, 3.05) is 7.05 Å². The molecule has 1 unspecified atom stereocenters. The Kier molecular flexibility index (Phi) is 3.21. The second-order valence-electron chi connectivity index (χ2n) is 4.13.